The standard InChI is InChI=1S/C10H8N2O3/c11-9-4-1-6-5-7(12(14)15)2-3-8(6)10(9)13/h1-5,13H,11H2. The third-order valence-electron chi connectivity index (χ3n) is 2.22. The Morgan fingerprint density at radius 2 is 2.00 bits per heavy atom. The number of benzene rings is 2. The quantitative estimate of drug-likeness (QED) is 0.322. The van der Waals surface area contributed by atoms with E-state index in [1.54, 1.807) is 6.07 Å². The maximum Gasteiger partial charge on any atom is 0.270 e. The number of nitrogens with two attached hydrogens (primary N) is 1. The summed E-state index contributed by atoms with van der Waals surface area (Å²) in [6.07, 6.45) is 0. The number of non-ortho nitro benzene ring substituents is 1. The molecule has 0 unspecified atom stereocenters. The number of phenolic OH excluding ortho intramolecular Hbond substituents is 1. The van der Waals surface area contributed by atoms with Crippen molar-refractivity contribution in [2.75, 3.05) is 5.73 Å². The molecule has 0 aliphatic heterocycles. The first-order chi connectivity index (χ1) is 7.09. The van der Waals surface area contributed by atoms with E-state index < -0.39 is 4.92 Å². The molecule has 0 heterocycles. The van der Waals surface area contributed by atoms with E-state index in [1.165, 1.54) is 24.3 Å². The van der Waals surface area contributed by atoms with Crippen LogP contribution in [0.1, 0.15) is 0 Å². The van der Waals surface area contributed by atoms with Crippen LogP contribution in [0.4, 0.5) is 11.4 Å². The number of nitrogen functional groups attached to an aromatic ring is 1. The molecule has 0 saturated carbocycles. The molecule has 0 bridgehead atoms. The molecule has 2 rings (SSSR count). The molecule has 5 heteroatoms. The summed E-state index contributed by atoms with van der Waals surface area (Å²) < 4.78 is 0. The summed E-state index contributed by atoms with van der Waals surface area (Å²) >= 11 is 0. The smallest absolute Gasteiger partial charge is 0.270 e. The summed E-state index contributed by atoms with van der Waals surface area (Å²) in [6.45, 7) is 0. The van der Waals surface area contributed by atoms with Crippen LogP contribution in [-0.4, -0.2) is 10.0 Å². The zero-order valence-corrected chi connectivity index (χ0v) is 7.68. The van der Waals surface area contributed by atoms with Crippen LogP contribution in [0.15, 0.2) is 30.3 Å². The number of hydrogen-bond acceptors (Lipinski definition) is 4. The van der Waals surface area contributed by atoms with E-state index in [2.05, 4.69) is 0 Å². The van der Waals surface area contributed by atoms with Crippen LogP contribution in [-0.2, 0) is 0 Å². The number of nitrogens with zero attached hydrogens (tertiary/aromatic N) is 1. The van der Waals surface area contributed by atoms with Crippen molar-refractivity contribution in [2.45, 2.75) is 0 Å². The highest BCUT2D eigenvalue weighted by Gasteiger charge is 2.09. The minimum absolute atomic E-state index is 0.00771. The van der Waals surface area contributed by atoms with Gasteiger partial charge in [0.1, 0.15) is 5.75 Å². The van der Waals surface area contributed by atoms with Crippen molar-refractivity contribution in [2.24, 2.45) is 0 Å². The van der Waals surface area contributed by atoms with Gasteiger partial charge in [-0.3, -0.25) is 10.1 Å². The second kappa shape index (κ2) is 3.13. The first-order valence-electron chi connectivity index (χ1n) is 4.25. The number of nitro groups is 1. The van der Waals surface area contributed by atoms with Crippen LogP contribution in [0, 0.1) is 10.1 Å². The Bertz CT molecular complexity index is 552. The van der Waals surface area contributed by atoms with Crippen molar-refractivity contribution in [1.29, 1.82) is 0 Å². The van der Waals surface area contributed by atoms with E-state index in [1.807, 2.05) is 0 Å². The van der Waals surface area contributed by atoms with Crippen LogP contribution in [0.3, 0.4) is 0 Å². The summed E-state index contributed by atoms with van der Waals surface area (Å²) in [4.78, 5) is 10.0. The summed E-state index contributed by atoms with van der Waals surface area (Å²) in [5, 5.41) is 21.2. The second-order valence-corrected chi connectivity index (χ2v) is 3.17. The van der Waals surface area contributed by atoms with Crippen LogP contribution < -0.4 is 5.73 Å². The lowest BCUT2D eigenvalue weighted by atomic mass is 10.1. The summed E-state index contributed by atoms with van der Waals surface area (Å²) in [5.41, 5.74) is 5.75. The molecule has 2 aromatic rings. The van der Waals surface area contributed by atoms with Crippen molar-refractivity contribution >= 4 is 22.1 Å². The fourth-order valence-electron chi connectivity index (χ4n) is 1.43. The molecular weight excluding hydrogens is 196 g/mol. The van der Waals surface area contributed by atoms with Gasteiger partial charge in [-0.2, -0.15) is 0 Å². The molecule has 0 aliphatic carbocycles. The predicted molar refractivity (Wildman–Crippen MR) is 56.7 cm³/mol. The van der Waals surface area contributed by atoms with Gasteiger partial charge in [0.15, 0.2) is 0 Å². The van der Waals surface area contributed by atoms with Crippen molar-refractivity contribution in [3.05, 3.63) is 40.4 Å². The molecule has 0 saturated heterocycles. The van der Waals surface area contributed by atoms with Gasteiger partial charge in [-0.05, 0) is 17.5 Å². The van der Waals surface area contributed by atoms with Gasteiger partial charge in [0.2, 0.25) is 0 Å². The summed E-state index contributed by atoms with van der Waals surface area (Å²) in [5.74, 6) is -0.0394. The lowest BCUT2D eigenvalue weighted by molar-refractivity contribution is -0.384. The number of nitro benzene ring substituents is 1. The molecule has 0 aliphatic rings. The molecule has 15 heavy (non-hydrogen) atoms. The zero-order valence-electron chi connectivity index (χ0n) is 7.68. The van der Waals surface area contributed by atoms with Crippen molar-refractivity contribution in [1.82, 2.24) is 0 Å². The molecule has 2 aromatic carbocycles. The van der Waals surface area contributed by atoms with Crippen LogP contribution in [0.25, 0.3) is 10.8 Å². The Balaban J connectivity index is 2.75. The monoisotopic (exact) mass is 204 g/mol. The molecule has 0 atom stereocenters. The van der Waals surface area contributed by atoms with Gasteiger partial charge in [-0.25, -0.2) is 0 Å². The van der Waals surface area contributed by atoms with E-state index >= 15 is 0 Å². The van der Waals surface area contributed by atoms with Gasteiger partial charge < -0.3 is 10.8 Å². The average Bonchev–Trinajstić information content (AvgIpc) is 2.23. The highest BCUT2D eigenvalue weighted by Crippen LogP contribution is 2.32. The minimum atomic E-state index is -0.479. The number of fused-ring (bicyclic) bond motifs is 1. The Labute approximate surface area is 84.9 Å². The Morgan fingerprint density at radius 3 is 2.67 bits per heavy atom. The Morgan fingerprint density at radius 1 is 1.27 bits per heavy atom. The lowest BCUT2D eigenvalue weighted by Crippen LogP contribution is -1.89. The zero-order chi connectivity index (χ0) is 11.0. The SMILES string of the molecule is Nc1ccc2cc([N+](=O)[O-])ccc2c1O. The van der Waals surface area contributed by atoms with E-state index in [0.717, 1.165) is 0 Å². The Kier molecular flexibility index (Phi) is 1.93. The van der Waals surface area contributed by atoms with Gasteiger partial charge in [0, 0.05) is 17.5 Å². The topological polar surface area (TPSA) is 89.4 Å². The molecule has 0 radical (unpaired) electrons. The third-order valence-corrected chi connectivity index (χ3v) is 2.22. The van der Waals surface area contributed by atoms with Gasteiger partial charge in [-0.1, -0.05) is 6.07 Å². The van der Waals surface area contributed by atoms with Crippen LogP contribution in [0.2, 0.25) is 0 Å². The molecule has 0 aromatic heterocycles. The summed E-state index contributed by atoms with van der Waals surface area (Å²) in [7, 11) is 0. The maximum absolute atomic E-state index is 10.5. The number of hydrogen-bond donors (Lipinski definition) is 2. The highest BCUT2D eigenvalue weighted by atomic mass is 16.6. The molecule has 3 N–H and O–H groups in total. The van der Waals surface area contributed by atoms with E-state index in [-0.39, 0.29) is 17.1 Å². The van der Waals surface area contributed by atoms with E-state index in [4.69, 9.17) is 5.73 Å². The van der Waals surface area contributed by atoms with Crippen LogP contribution >= 0.6 is 0 Å². The third kappa shape index (κ3) is 1.43. The summed E-state index contributed by atoms with van der Waals surface area (Å²) in [6, 6.07) is 7.37. The number of phenols is 1. The first kappa shape index (κ1) is 9.26. The maximum atomic E-state index is 10.5. The molecule has 0 fully saturated rings. The fraction of sp³-hybridized carbons (Fsp3) is 0. The minimum Gasteiger partial charge on any atom is -0.505 e. The molecule has 5 nitrogen and oxygen atoms in total. The molecule has 0 spiro atoms. The number of rotatable bonds is 1. The number of aromatic hydroxyl groups is 1. The van der Waals surface area contributed by atoms with E-state index in [0.29, 0.717) is 10.8 Å². The molecule has 76 valence electrons. The average molecular weight is 204 g/mol. The predicted octanol–water partition coefficient (Wildman–Crippen LogP) is 2.04. The number of anilines is 1. The normalized spacial score (nSPS) is 10.4. The molecule has 0 amide bonds. The van der Waals surface area contributed by atoms with Crippen molar-refractivity contribution in [3.63, 3.8) is 0 Å². The largest absolute Gasteiger partial charge is 0.505 e. The Hall–Kier alpha value is -2.30. The second-order valence-electron chi connectivity index (χ2n) is 3.17. The highest BCUT2D eigenvalue weighted by molar-refractivity contribution is 5.93. The van der Waals surface area contributed by atoms with E-state index in [9.17, 15) is 15.2 Å². The molecular formula is C10H8N2O3. The van der Waals surface area contributed by atoms with Gasteiger partial charge in [0.05, 0.1) is 10.6 Å². The van der Waals surface area contributed by atoms with Gasteiger partial charge in [0.25, 0.3) is 5.69 Å². The first-order valence-corrected chi connectivity index (χ1v) is 4.25. The van der Waals surface area contributed by atoms with Gasteiger partial charge in [-0.15, -0.1) is 0 Å². The van der Waals surface area contributed by atoms with Crippen molar-refractivity contribution < 1.29 is 10.0 Å². The fourth-order valence-corrected chi connectivity index (χ4v) is 1.43. The van der Waals surface area contributed by atoms with Gasteiger partial charge >= 0.3 is 0 Å². The van der Waals surface area contributed by atoms with Crippen LogP contribution in [0.5, 0.6) is 5.75 Å². The lowest BCUT2D eigenvalue weighted by Gasteiger charge is -2.03. The van der Waals surface area contributed by atoms with Crippen molar-refractivity contribution in [3.8, 4) is 5.75 Å².